The molecule has 0 heterocycles. The van der Waals surface area contributed by atoms with Crippen molar-refractivity contribution in [3.8, 4) is 0 Å². The van der Waals surface area contributed by atoms with E-state index in [2.05, 4.69) is 15.9 Å². The fourth-order valence-electron chi connectivity index (χ4n) is 1.04. The molecule has 70 valence electrons. The molecule has 1 rings (SSSR count). The molecule has 2 nitrogen and oxygen atoms in total. The maximum Gasteiger partial charge on any atom is 0.491 e. The first-order valence-electron chi connectivity index (χ1n) is 3.45. The van der Waals surface area contributed by atoms with E-state index in [4.69, 9.17) is 10.0 Å². The average Bonchev–Trinajstić information content (AvgIpc) is 1.99. The maximum atomic E-state index is 13.0. The predicted octanol–water partition coefficient (Wildman–Crippen LogP) is 0.716. The van der Waals surface area contributed by atoms with Gasteiger partial charge in [-0.05, 0) is 34.5 Å². The van der Waals surface area contributed by atoms with Gasteiger partial charge in [-0.15, -0.1) is 0 Å². The quantitative estimate of drug-likeness (QED) is 0.570. The molecule has 1 aromatic rings. The van der Waals surface area contributed by atoms with Crippen LogP contribution in [0.5, 0.6) is 0 Å². The third kappa shape index (κ3) is 1.90. The van der Waals surface area contributed by atoms with Crippen molar-refractivity contribution in [2.24, 2.45) is 0 Å². The summed E-state index contributed by atoms with van der Waals surface area (Å²) in [7, 11) is -2.00. The summed E-state index contributed by atoms with van der Waals surface area (Å²) in [4.78, 5) is 0. The molecule has 0 bridgehead atoms. The van der Waals surface area contributed by atoms with Crippen LogP contribution in [-0.2, 0) is 0 Å². The van der Waals surface area contributed by atoms with E-state index in [1.807, 2.05) is 0 Å². The largest absolute Gasteiger partial charge is 0.491 e. The minimum atomic E-state index is -2.00. The molecule has 0 saturated heterocycles. The summed E-state index contributed by atoms with van der Waals surface area (Å²) >= 11 is 2.80. The minimum absolute atomic E-state index is 0.0353. The van der Waals surface area contributed by atoms with Crippen molar-refractivity contribution in [1.29, 1.82) is 0 Å². The monoisotopic (exact) mass is 250 g/mol. The summed E-state index contributed by atoms with van der Waals surface area (Å²) in [6.45, 7) is 1.46. The van der Waals surface area contributed by atoms with Gasteiger partial charge >= 0.3 is 7.12 Å². The van der Waals surface area contributed by atoms with Crippen molar-refractivity contribution in [2.75, 3.05) is 0 Å². The number of halogens is 3. The molecule has 0 aromatic heterocycles. The Hall–Kier alpha value is -0.455. The summed E-state index contributed by atoms with van der Waals surface area (Å²) in [5, 5.41) is 17.5. The van der Waals surface area contributed by atoms with Gasteiger partial charge in [0.15, 0.2) is 11.6 Å². The Balaban J connectivity index is 3.44. The summed E-state index contributed by atoms with van der Waals surface area (Å²) in [5.74, 6) is -2.35. The Kier molecular flexibility index (Phi) is 3.05. The lowest BCUT2D eigenvalue weighted by Crippen LogP contribution is -2.36. The first-order chi connectivity index (χ1) is 5.95. The molecular formula is C7H6BBrF2O2. The molecule has 0 atom stereocenters. The smallest absolute Gasteiger partial charge is 0.423 e. The van der Waals surface area contributed by atoms with E-state index >= 15 is 0 Å². The second-order valence-electron chi connectivity index (χ2n) is 2.59. The van der Waals surface area contributed by atoms with Gasteiger partial charge in [0.25, 0.3) is 0 Å². The second-order valence-corrected chi connectivity index (χ2v) is 3.44. The number of benzene rings is 1. The van der Waals surface area contributed by atoms with E-state index in [0.29, 0.717) is 0 Å². The van der Waals surface area contributed by atoms with Crippen LogP contribution in [0.4, 0.5) is 8.78 Å². The van der Waals surface area contributed by atoms with Crippen molar-refractivity contribution in [3.05, 3.63) is 27.7 Å². The lowest BCUT2D eigenvalue weighted by molar-refractivity contribution is 0.419. The number of hydrogen-bond donors (Lipinski definition) is 2. The Labute approximate surface area is 82.5 Å². The molecule has 0 aliphatic carbocycles. The van der Waals surface area contributed by atoms with Crippen LogP contribution in [0.25, 0.3) is 0 Å². The average molecular weight is 251 g/mol. The highest BCUT2D eigenvalue weighted by molar-refractivity contribution is 9.10. The molecule has 0 unspecified atom stereocenters. The molecule has 0 fully saturated rings. The fourth-order valence-corrected chi connectivity index (χ4v) is 1.56. The van der Waals surface area contributed by atoms with Gasteiger partial charge < -0.3 is 10.0 Å². The summed E-state index contributed by atoms with van der Waals surface area (Å²) < 4.78 is 25.9. The van der Waals surface area contributed by atoms with Crippen molar-refractivity contribution in [3.63, 3.8) is 0 Å². The van der Waals surface area contributed by atoms with Crippen molar-refractivity contribution >= 4 is 28.5 Å². The van der Waals surface area contributed by atoms with Gasteiger partial charge in [-0.1, -0.05) is 0 Å². The van der Waals surface area contributed by atoms with Gasteiger partial charge in [-0.25, -0.2) is 8.78 Å². The molecule has 2 N–H and O–H groups in total. The van der Waals surface area contributed by atoms with Crippen LogP contribution in [-0.4, -0.2) is 17.2 Å². The number of aryl methyl sites for hydroxylation is 1. The molecule has 1 aromatic carbocycles. The zero-order chi connectivity index (χ0) is 10.2. The SMILES string of the molecule is Cc1cc(Br)c(F)c(F)c1B(O)O. The van der Waals surface area contributed by atoms with Gasteiger partial charge in [0, 0.05) is 5.46 Å². The van der Waals surface area contributed by atoms with Crippen molar-refractivity contribution < 1.29 is 18.8 Å². The van der Waals surface area contributed by atoms with Crippen LogP contribution < -0.4 is 5.46 Å². The van der Waals surface area contributed by atoms with Gasteiger partial charge in [-0.3, -0.25) is 0 Å². The fraction of sp³-hybridized carbons (Fsp3) is 0.143. The van der Waals surface area contributed by atoms with Crippen LogP contribution in [0.2, 0.25) is 0 Å². The Morgan fingerprint density at radius 1 is 1.31 bits per heavy atom. The zero-order valence-electron chi connectivity index (χ0n) is 6.68. The van der Waals surface area contributed by atoms with E-state index in [1.54, 1.807) is 0 Å². The van der Waals surface area contributed by atoms with Crippen molar-refractivity contribution in [2.45, 2.75) is 6.92 Å². The molecule has 0 spiro atoms. The second kappa shape index (κ2) is 3.73. The van der Waals surface area contributed by atoms with Crippen LogP contribution in [0.1, 0.15) is 5.56 Å². The van der Waals surface area contributed by atoms with Crippen LogP contribution in [0.15, 0.2) is 10.5 Å². The normalized spacial score (nSPS) is 10.3. The number of rotatable bonds is 1. The highest BCUT2D eigenvalue weighted by atomic mass is 79.9. The Morgan fingerprint density at radius 2 is 1.85 bits per heavy atom. The summed E-state index contributed by atoms with van der Waals surface area (Å²) in [6, 6.07) is 1.28. The molecule has 0 saturated carbocycles. The summed E-state index contributed by atoms with van der Waals surface area (Å²) in [5.41, 5.74) is -0.151. The molecule has 13 heavy (non-hydrogen) atoms. The standard InChI is InChI=1S/C7H6BBrF2O2/c1-3-2-4(9)6(10)7(11)5(3)8(12)13/h2,12-13H,1H3. The molecular weight excluding hydrogens is 245 g/mol. The van der Waals surface area contributed by atoms with Crippen LogP contribution in [0, 0.1) is 18.6 Å². The molecule has 0 aliphatic heterocycles. The van der Waals surface area contributed by atoms with Crippen LogP contribution >= 0.6 is 15.9 Å². The lowest BCUT2D eigenvalue weighted by atomic mass is 9.77. The molecule has 0 aliphatic rings. The van der Waals surface area contributed by atoms with Gasteiger partial charge in [0.05, 0.1) is 4.47 Å². The van der Waals surface area contributed by atoms with Gasteiger partial charge in [0.1, 0.15) is 0 Å². The van der Waals surface area contributed by atoms with E-state index in [9.17, 15) is 8.78 Å². The topological polar surface area (TPSA) is 40.5 Å². The predicted molar refractivity (Wildman–Crippen MR) is 48.6 cm³/mol. The van der Waals surface area contributed by atoms with Crippen LogP contribution in [0.3, 0.4) is 0 Å². The molecule has 6 heteroatoms. The lowest BCUT2D eigenvalue weighted by Gasteiger charge is -2.07. The van der Waals surface area contributed by atoms with Gasteiger partial charge in [-0.2, -0.15) is 0 Å². The van der Waals surface area contributed by atoms with E-state index < -0.39 is 24.2 Å². The minimum Gasteiger partial charge on any atom is -0.423 e. The highest BCUT2D eigenvalue weighted by Crippen LogP contribution is 2.18. The summed E-state index contributed by atoms with van der Waals surface area (Å²) in [6.07, 6.45) is 0. The maximum absolute atomic E-state index is 13.0. The Bertz CT molecular complexity index is 344. The Morgan fingerprint density at radius 3 is 2.31 bits per heavy atom. The molecule has 0 amide bonds. The third-order valence-corrected chi connectivity index (χ3v) is 2.24. The van der Waals surface area contributed by atoms with E-state index in [1.165, 1.54) is 13.0 Å². The number of hydrogen-bond acceptors (Lipinski definition) is 2. The zero-order valence-corrected chi connectivity index (χ0v) is 8.27. The molecule has 0 radical (unpaired) electrons. The van der Waals surface area contributed by atoms with Crippen molar-refractivity contribution in [1.82, 2.24) is 0 Å². The van der Waals surface area contributed by atoms with E-state index in [-0.39, 0.29) is 10.0 Å². The van der Waals surface area contributed by atoms with E-state index in [0.717, 1.165) is 0 Å². The third-order valence-electron chi connectivity index (χ3n) is 1.67. The first kappa shape index (κ1) is 10.6. The highest BCUT2D eigenvalue weighted by Gasteiger charge is 2.23. The van der Waals surface area contributed by atoms with Gasteiger partial charge in [0.2, 0.25) is 0 Å². The first-order valence-corrected chi connectivity index (χ1v) is 4.24.